The third kappa shape index (κ3) is 10.9. The van der Waals surface area contributed by atoms with Crippen LogP contribution in [0.4, 0.5) is 0 Å². The molecule has 0 saturated carbocycles. The van der Waals surface area contributed by atoms with Crippen LogP contribution in [0.25, 0.3) is 0 Å². The summed E-state index contributed by atoms with van der Waals surface area (Å²) in [4.78, 5) is 0. The Labute approximate surface area is 57.9 Å². The van der Waals surface area contributed by atoms with Crippen molar-refractivity contribution in [3.63, 3.8) is 0 Å². The van der Waals surface area contributed by atoms with Crippen molar-refractivity contribution < 1.29 is 4.52 Å². The van der Waals surface area contributed by atoms with Crippen LogP contribution in [0, 0.1) is 0 Å². The number of unbranched alkanes of at least 4 members (excludes halogenated alkanes) is 1. The highest BCUT2D eigenvalue weighted by molar-refractivity contribution is 8.93. The highest BCUT2D eigenvalue weighted by atomic mass is 79.9. The van der Waals surface area contributed by atoms with Crippen LogP contribution in [-0.2, 0) is 4.52 Å². The second kappa shape index (κ2) is 9.98. The van der Waals surface area contributed by atoms with E-state index in [0.29, 0.717) is 0 Å². The molecule has 1 nitrogen and oxygen atoms in total. The minimum Gasteiger partial charge on any atom is -0.366 e. The first kappa shape index (κ1) is 10.8. The summed E-state index contributed by atoms with van der Waals surface area (Å²) in [5.41, 5.74) is 0. The van der Waals surface area contributed by atoms with E-state index in [9.17, 15) is 0 Å². The fourth-order valence-corrected chi connectivity index (χ4v) is 0.394. The second-order valence-electron chi connectivity index (χ2n) is 1.22. The van der Waals surface area contributed by atoms with E-state index in [0.717, 1.165) is 6.61 Å². The predicted octanol–water partition coefficient (Wildman–Crippen LogP) is 2.17. The Kier molecular flexibility index (Phi) is 15.4. The summed E-state index contributed by atoms with van der Waals surface area (Å²) in [6.07, 6.45) is 2.39. The second-order valence-corrected chi connectivity index (χ2v) is 1.56. The summed E-state index contributed by atoms with van der Waals surface area (Å²) in [5.74, 6) is 0. The van der Waals surface area contributed by atoms with Crippen LogP contribution in [-0.4, -0.2) is 6.61 Å². The van der Waals surface area contributed by atoms with E-state index < -0.39 is 0 Å². The minimum absolute atomic E-state index is 0. The standard InChI is InChI=1S/C4H11OP.BrH/c1-2-3-4-5-6;/h2-4,6H2,1H3;1H. The van der Waals surface area contributed by atoms with Gasteiger partial charge >= 0.3 is 0 Å². The summed E-state index contributed by atoms with van der Waals surface area (Å²) < 4.78 is 4.70. The van der Waals surface area contributed by atoms with Crippen molar-refractivity contribution in [1.29, 1.82) is 0 Å². The van der Waals surface area contributed by atoms with Crippen molar-refractivity contribution in [3.8, 4) is 0 Å². The molecular formula is C4H12BrOP. The maximum Gasteiger partial charge on any atom is 0.0501 e. The van der Waals surface area contributed by atoms with Crippen molar-refractivity contribution in [1.82, 2.24) is 0 Å². The van der Waals surface area contributed by atoms with E-state index in [1.807, 2.05) is 0 Å². The van der Waals surface area contributed by atoms with E-state index in [2.05, 4.69) is 16.4 Å². The molecule has 0 fully saturated rings. The van der Waals surface area contributed by atoms with Gasteiger partial charge in [0.15, 0.2) is 0 Å². The molecule has 3 heteroatoms. The van der Waals surface area contributed by atoms with Crippen molar-refractivity contribution >= 4 is 26.4 Å². The zero-order chi connectivity index (χ0) is 4.83. The van der Waals surface area contributed by atoms with Gasteiger partial charge in [-0.2, -0.15) is 0 Å². The van der Waals surface area contributed by atoms with E-state index in [1.54, 1.807) is 0 Å². The zero-order valence-electron chi connectivity index (χ0n) is 4.52. The predicted molar refractivity (Wildman–Crippen MR) is 40.9 cm³/mol. The highest BCUT2D eigenvalue weighted by Gasteiger charge is 1.74. The van der Waals surface area contributed by atoms with Gasteiger partial charge in [-0.1, -0.05) is 13.3 Å². The van der Waals surface area contributed by atoms with Crippen LogP contribution in [0.2, 0.25) is 0 Å². The molecule has 0 amide bonds. The van der Waals surface area contributed by atoms with Crippen LogP contribution >= 0.6 is 26.4 Å². The van der Waals surface area contributed by atoms with Crippen LogP contribution in [0.15, 0.2) is 0 Å². The molecule has 1 unspecified atom stereocenters. The Balaban J connectivity index is 0. The fraction of sp³-hybridized carbons (Fsp3) is 1.00. The molecule has 0 rings (SSSR count). The molecular weight excluding hydrogens is 175 g/mol. The van der Waals surface area contributed by atoms with Gasteiger partial charge in [0.2, 0.25) is 0 Å². The van der Waals surface area contributed by atoms with E-state index in [4.69, 9.17) is 4.52 Å². The lowest BCUT2D eigenvalue weighted by molar-refractivity contribution is 0.360. The molecule has 0 spiro atoms. The van der Waals surface area contributed by atoms with Gasteiger partial charge in [-0.15, -0.1) is 17.0 Å². The summed E-state index contributed by atoms with van der Waals surface area (Å²) in [6, 6.07) is 0. The lowest BCUT2D eigenvalue weighted by atomic mass is 10.4. The van der Waals surface area contributed by atoms with Gasteiger partial charge in [0.05, 0.1) is 6.61 Å². The lowest BCUT2D eigenvalue weighted by Gasteiger charge is -1.89. The Morgan fingerprint density at radius 3 is 2.29 bits per heavy atom. The molecule has 0 bridgehead atoms. The number of hydrogen-bond donors (Lipinski definition) is 0. The Bertz CT molecular complexity index is 23.7. The molecule has 7 heavy (non-hydrogen) atoms. The highest BCUT2D eigenvalue weighted by Crippen LogP contribution is 1.90. The van der Waals surface area contributed by atoms with Crippen LogP contribution in [0.3, 0.4) is 0 Å². The van der Waals surface area contributed by atoms with Crippen molar-refractivity contribution in [2.24, 2.45) is 0 Å². The first-order valence-corrected chi connectivity index (χ1v) is 2.70. The van der Waals surface area contributed by atoms with Crippen molar-refractivity contribution in [2.75, 3.05) is 6.61 Å². The van der Waals surface area contributed by atoms with Gasteiger partial charge < -0.3 is 4.52 Å². The van der Waals surface area contributed by atoms with Crippen LogP contribution in [0.5, 0.6) is 0 Å². The minimum atomic E-state index is 0. The molecule has 46 valence electrons. The summed E-state index contributed by atoms with van der Waals surface area (Å²) in [7, 11) is 2.23. The summed E-state index contributed by atoms with van der Waals surface area (Å²) >= 11 is 0. The Morgan fingerprint density at radius 2 is 2.14 bits per heavy atom. The maximum absolute atomic E-state index is 4.70. The topological polar surface area (TPSA) is 9.23 Å². The molecule has 0 aromatic heterocycles. The molecule has 0 aromatic carbocycles. The maximum atomic E-state index is 4.70. The van der Waals surface area contributed by atoms with Gasteiger partial charge in [0.1, 0.15) is 0 Å². The quantitative estimate of drug-likeness (QED) is 0.486. The molecule has 0 radical (unpaired) electrons. The number of rotatable bonds is 3. The molecule has 1 atom stereocenters. The van der Waals surface area contributed by atoms with Crippen molar-refractivity contribution in [3.05, 3.63) is 0 Å². The molecule has 0 aliphatic heterocycles. The fourth-order valence-electron chi connectivity index (χ4n) is 0.228. The first-order valence-electron chi connectivity index (χ1n) is 2.23. The van der Waals surface area contributed by atoms with Gasteiger partial charge in [-0.05, 0) is 6.42 Å². The monoisotopic (exact) mass is 186 g/mol. The van der Waals surface area contributed by atoms with E-state index >= 15 is 0 Å². The lowest BCUT2D eigenvalue weighted by Crippen LogP contribution is -1.78. The Morgan fingerprint density at radius 1 is 1.57 bits per heavy atom. The Hall–Kier alpha value is 0.870. The van der Waals surface area contributed by atoms with Crippen LogP contribution in [0.1, 0.15) is 19.8 Å². The largest absolute Gasteiger partial charge is 0.366 e. The summed E-state index contributed by atoms with van der Waals surface area (Å²) in [5, 5.41) is 0. The molecule has 0 aliphatic carbocycles. The molecule has 0 saturated heterocycles. The van der Waals surface area contributed by atoms with E-state index in [1.165, 1.54) is 12.8 Å². The third-order valence-corrected chi connectivity index (χ3v) is 0.851. The average molecular weight is 187 g/mol. The zero-order valence-corrected chi connectivity index (χ0v) is 7.38. The van der Waals surface area contributed by atoms with Gasteiger partial charge in [-0.3, -0.25) is 0 Å². The van der Waals surface area contributed by atoms with Gasteiger partial charge in [0, 0.05) is 9.47 Å². The van der Waals surface area contributed by atoms with Crippen molar-refractivity contribution in [2.45, 2.75) is 19.8 Å². The number of hydrogen-bond acceptors (Lipinski definition) is 1. The average Bonchev–Trinajstić information content (AvgIpc) is 1.61. The third-order valence-electron chi connectivity index (χ3n) is 0.616. The first-order chi connectivity index (χ1) is 2.91. The smallest absolute Gasteiger partial charge is 0.0501 e. The van der Waals surface area contributed by atoms with E-state index in [-0.39, 0.29) is 17.0 Å². The molecule has 0 aromatic rings. The molecule has 0 aliphatic rings. The normalized spacial score (nSPS) is 7.71. The van der Waals surface area contributed by atoms with Gasteiger partial charge in [0.25, 0.3) is 0 Å². The summed E-state index contributed by atoms with van der Waals surface area (Å²) in [6.45, 7) is 3.02. The molecule has 0 heterocycles. The SMILES string of the molecule is Br.CCCCOP. The number of halogens is 1. The van der Waals surface area contributed by atoms with Crippen LogP contribution < -0.4 is 0 Å². The molecule has 0 N–H and O–H groups in total. The van der Waals surface area contributed by atoms with Gasteiger partial charge in [-0.25, -0.2) is 0 Å².